The second kappa shape index (κ2) is 5.73. The van der Waals surface area contributed by atoms with E-state index in [9.17, 15) is 13.6 Å². The van der Waals surface area contributed by atoms with Crippen molar-refractivity contribution in [2.45, 2.75) is 11.8 Å². The Morgan fingerprint density at radius 3 is 2.48 bits per heavy atom. The summed E-state index contributed by atoms with van der Waals surface area (Å²) in [5.41, 5.74) is 1.57. The average Bonchev–Trinajstić information content (AvgIpc) is 2.94. The quantitative estimate of drug-likeness (QED) is 0.581. The molecule has 3 rings (SSSR count). The van der Waals surface area contributed by atoms with Crippen molar-refractivity contribution >= 4 is 15.7 Å². The van der Waals surface area contributed by atoms with E-state index in [2.05, 4.69) is 9.82 Å². The van der Waals surface area contributed by atoms with Crippen LogP contribution in [0.25, 0.3) is 5.69 Å². The first kappa shape index (κ1) is 15.0. The van der Waals surface area contributed by atoms with E-state index in [1.54, 1.807) is 36.4 Å². The Morgan fingerprint density at radius 2 is 1.83 bits per heavy atom. The van der Waals surface area contributed by atoms with Crippen LogP contribution in [0.3, 0.4) is 0 Å². The van der Waals surface area contributed by atoms with Crippen molar-refractivity contribution in [2.75, 3.05) is 4.72 Å². The van der Waals surface area contributed by atoms with E-state index in [-0.39, 0.29) is 10.6 Å². The predicted molar refractivity (Wildman–Crippen MR) is 84.5 cm³/mol. The SMILES string of the molecule is Cc1ccc(S(=O)(=O)Nc2ccccc2-n2ncc[n+]2[O-])cc1. The van der Waals surface area contributed by atoms with Gasteiger partial charge in [-0.25, -0.2) is 8.42 Å². The second-order valence-electron chi connectivity index (χ2n) is 4.94. The van der Waals surface area contributed by atoms with Crippen LogP contribution in [0.2, 0.25) is 0 Å². The minimum absolute atomic E-state index is 0.147. The largest absolute Gasteiger partial charge is 0.692 e. The zero-order valence-corrected chi connectivity index (χ0v) is 13.1. The summed E-state index contributed by atoms with van der Waals surface area (Å²) >= 11 is 0. The summed E-state index contributed by atoms with van der Waals surface area (Å²) in [6.45, 7) is 1.88. The van der Waals surface area contributed by atoms with Gasteiger partial charge in [-0.1, -0.05) is 29.8 Å². The highest BCUT2D eigenvalue weighted by molar-refractivity contribution is 7.92. The van der Waals surface area contributed by atoms with E-state index in [1.807, 2.05) is 6.92 Å². The van der Waals surface area contributed by atoms with Crippen LogP contribution in [0.4, 0.5) is 5.69 Å². The molecule has 118 valence electrons. The van der Waals surface area contributed by atoms with Crippen LogP contribution in [-0.2, 0) is 10.0 Å². The highest BCUT2D eigenvalue weighted by Gasteiger charge is 2.18. The Bertz CT molecular complexity index is 933. The van der Waals surface area contributed by atoms with Crippen molar-refractivity contribution in [1.29, 1.82) is 0 Å². The molecule has 0 saturated carbocycles. The first-order valence-corrected chi connectivity index (χ1v) is 8.28. The molecule has 0 atom stereocenters. The Hall–Kier alpha value is -2.87. The average molecular weight is 330 g/mol. The summed E-state index contributed by atoms with van der Waals surface area (Å²) in [4.78, 5) is 1.72. The number of benzene rings is 2. The van der Waals surface area contributed by atoms with Gasteiger partial charge in [0, 0.05) is 5.10 Å². The lowest BCUT2D eigenvalue weighted by Crippen LogP contribution is -2.36. The molecule has 1 N–H and O–H groups in total. The lowest BCUT2D eigenvalue weighted by atomic mass is 10.2. The fraction of sp³-hybridized carbons (Fsp3) is 0.0667. The van der Waals surface area contributed by atoms with Crippen molar-refractivity contribution in [3.05, 3.63) is 71.7 Å². The fourth-order valence-corrected chi connectivity index (χ4v) is 3.16. The molecule has 2 aromatic carbocycles. The number of nitrogens with one attached hydrogen (secondary N) is 1. The Balaban J connectivity index is 2.01. The highest BCUT2D eigenvalue weighted by Crippen LogP contribution is 2.22. The van der Waals surface area contributed by atoms with E-state index in [4.69, 9.17) is 0 Å². The molecule has 3 aromatic rings. The second-order valence-corrected chi connectivity index (χ2v) is 6.62. The number of anilines is 1. The zero-order chi connectivity index (χ0) is 16.4. The number of hydrogen-bond acceptors (Lipinski definition) is 4. The molecule has 0 aliphatic carbocycles. The van der Waals surface area contributed by atoms with E-state index in [0.29, 0.717) is 10.5 Å². The monoisotopic (exact) mass is 330 g/mol. The van der Waals surface area contributed by atoms with Crippen LogP contribution in [0.1, 0.15) is 5.56 Å². The first-order valence-electron chi connectivity index (χ1n) is 6.80. The van der Waals surface area contributed by atoms with Crippen molar-refractivity contribution in [1.82, 2.24) is 9.90 Å². The first-order chi connectivity index (χ1) is 11.0. The summed E-state index contributed by atoms with van der Waals surface area (Å²) in [5.74, 6) is 0. The van der Waals surface area contributed by atoms with Crippen molar-refractivity contribution in [3.63, 3.8) is 0 Å². The summed E-state index contributed by atoms with van der Waals surface area (Å²) in [7, 11) is -3.76. The van der Waals surface area contributed by atoms with Gasteiger partial charge in [0.2, 0.25) is 6.20 Å². The summed E-state index contributed by atoms with van der Waals surface area (Å²) in [6, 6.07) is 13.1. The number of aromatic nitrogens is 3. The van der Waals surface area contributed by atoms with Gasteiger partial charge in [0.1, 0.15) is 0 Å². The van der Waals surface area contributed by atoms with Crippen LogP contribution in [0, 0.1) is 12.1 Å². The Labute approximate surface area is 133 Å². The van der Waals surface area contributed by atoms with Gasteiger partial charge >= 0.3 is 0 Å². The number of sulfonamides is 1. The molecule has 8 heteroatoms. The summed E-state index contributed by atoms with van der Waals surface area (Å²) < 4.78 is 27.5. The molecule has 0 bridgehead atoms. The maximum atomic E-state index is 12.5. The smallest absolute Gasteiger partial charge is 0.261 e. The lowest BCUT2D eigenvalue weighted by molar-refractivity contribution is -0.688. The van der Waals surface area contributed by atoms with Gasteiger partial charge in [0.15, 0.2) is 11.9 Å². The topological polar surface area (TPSA) is 90.9 Å². The number of aryl methyl sites for hydroxylation is 1. The molecule has 7 nitrogen and oxygen atoms in total. The molecule has 1 aromatic heterocycles. The van der Waals surface area contributed by atoms with Crippen molar-refractivity contribution < 1.29 is 13.3 Å². The molecule has 0 amide bonds. The number of para-hydroxylation sites is 2. The third kappa shape index (κ3) is 3.02. The van der Waals surface area contributed by atoms with E-state index in [1.165, 1.54) is 24.5 Å². The number of nitrogens with zero attached hydrogens (tertiary/aromatic N) is 3. The highest BCUT2D eigenvalue weighted by atomic mass is 32.2. The van der Waals surface area contributed by atoms with Crippen molar-refractivity contribution in [3.8, 4) is 5.69 Å². The Kier molecular flexibility index (Phi) is 3.75. The Morgan fingerprint density at radius 1 is 1.13 bits per heavy atom. The number of rotatable bonds is 4. The van der Waals surface area contributed by atoms with Gasteiger partial charge < -0.3 is 5.21 Å². The zero-order valence-electron chi connectivity index (χ0n) is 12.2. The lowest BCUT2D eigenvalue weighted by Gasteiger charge is -2.12. The van der Waals surface area contributed by atoms with Gasteiger partial charge in [-0.2, -0.15) is 4.85 Å². The standard InChI is InChI=1S/C15H14N4O3S/c1-12-6-8-13(9-7-12)23(21,22)17-14-4-2-3-5-15(14)19-16-10-11-18(19)20/h2-11,17H,1H3. The third-order valence-electron chi connectivity index (χ3n) is 3.25. The maximum Gasteiger partial charge on any atom is 0.261 e. The van der Waals surface area contributed by atoms with Crippen LogP contribution >= 0.6 is 0 Å². The molecule has 1 heterocycles. The number of hydrogen-bond donors (Lipinski definition) is 1. The van der Waals surface area contributed by atoms with Gasteiger partial charge in [-0.3, -0.25) is 4.72 Å². The molecule has 0 radical (unpaired) electrons. The summed E-state index contributed by atoms with van der Waals surface area (Å²) in [5, 5.41) is 15.6. The molecular formula is C15H14N4O3S. The molecule has 0 aliphatic rings. The molecule has 0 aliphatic heterocycles. The third-order valence-corrected chi connectivity index (χ3v) is 4.63. The minimum atomic E-state index is -3.76. The van der Waals surface area contributed by atoms with Gasteiger partial charge in [-0.05, 0) is 36.0 Å². The van der Waals surface area contributed by atoms with Gasteiger partial charge in [0.25, 0.3) is 10.0 Å². The maximum absolute atomic E-state index is 12.5. The molecule has 0 unspecified atom stereocenters. The molecule has 23 heavy (non-hydrogen) atoms. The minimum Gasteiger partial charge on any atom is -0.692 e. The molecule has 0 saturated heterocycles. The molecular weight excluding hydrogens is 316 g/mol. The van der Waals surface area contributed by atoms with E-state index >= 15 is 0 Å². The van der Waals surface area contributed by atoms with Crippen LogP contribution < -0.4 is 9.57 Å². The molecule has 0 spiro atoms. The fourth-order valence-electron chi connectivity index (χ4n) is 2.09. The van der Waals surface area contributed by atoms with E-state index < -0.39 is 10.0 Å². The molecule has 0 fully saturated rings. The van der Waals surface area contributed by atoms with Gasteiger partial charge in [0.05, 0.1) is 10.6 Å². The van der Waals surface area contributed by atoms with Gasteiger partial charge in [-0.15, -0.1) is 0 Å². The van der Waals surface area contributed by atoms with E-state index in [0.717, 1.165) is 10.4 Å². The normalized spacial score (nSPS) is 11.3. The van der Waals surface area contributed by atoms with Crippen LogP contribution in [0.5, 0.6) is 0 Å². The van der Waals surface area contributed by atoms with Crippen molar-refractivity contribution in [2.24, 2.45) is 0 Å². The van der Waals surface area contributed by atoms with Crippen LogP contribution in [0.15, 0.2) is 65.8 Å². The summed E-state index contributed by atoms with van der Waals surface area (Å²) in [6.07, 6.45) is 2.56. The van der Waals surface area contributed by atoms with Crippen LogP contribution in [-0.4, -0.2) is 18.3 Å². The predicted octanol–water partition coefficient (Wildman–Crippen LogP) is 1.61.